The van der Waals surface area contributed by atoms with Crippen molar-refractivity contribution >= 4 is 11.5 Å². The van der Waals surface area contributed by atoms with Crippen LogP contribution in [0.15, 0.2) is 24.3 Å². The molecule has 1 aliphatic rings. The summed E-state index contributed by atoms with van der Waals surface area (Å²) in [7, 11) is 0. The van der Waals surface area contributed by atoms with Crippen LogP contribution in [0, 0.1) is 0 Å². The number of ether oxygens (including phenoxy) is 1. The van der Waals surface area contributed by atoms with Gasteiger partial charge in [-0.15, -0.1) is 0 Å². The van der Waals surface area contributed by atoms with Crippen molar-refractivity contribution in [1.82, 2.24) is 0 Å². The molecule has 98 valence electrons. The summed E-state index contributed by atoms with van der Waals surface area (Å²) in [5.41, 5.74) is 1.97. The number of hydrogen-bond donors (Lipinski definition) is 0. The van der Waals surface area contributed by atoms with Gasteiger partial charge in [-0.05, 0) is 38.1 Å². The molecule has 0 saturated carbocycles. The largest absolute Gasteiger partial charge is 0.375 e. The minimum Gasteiger partial charge on any atom is -0.375 e. The number of Topliss-reactive ketones (excluding diaryl/α,β-unsaturated/α-hetero) is 1. The molecular formula is C15H21NO2. The second kappa shape index (κ2) is 5.53. The molecule has 1 heterocycles. The predicted octanol–water partition coefficient (Wildman–Crippen LogP) is 2.89. The van der Waals surface area contributed by atoms with Crippen molar-refractivity contribution in [3.63, 3.8) is 0 Å². The Bertz CT molecular complexity index is 413. The molecule has 3 nitrogen and oxygen atoms in total. The summed E-state index contributed by atoms with van der Waals surface area (Å²) in [6.07, 6.45) is 0.822. The molecular weight excluding hydrogens is 226 g/mol. The molecule has 3 heteroatoms. The molecule has 2 atom stereocenters. The second-order valence-electron chi connectivity index (χ2n) is 4.97. The van der Waals surface area contributed by atoms with E-state index in [-0.39, 0.29) is 11.9 Å². The Morgan fingerprint density at radius 1 is 1.33 bits per heavy atom. The third-order valence-electron chi connectivity index (χ3n) is 3.45. The smallest absolute Gasteiger partial charge is 0.162 e. The van der Waals surface area contributed by atoms with Crippen molar-refractivity contribution in [1.29, 1.82) is 0 Å². The van der Waals surface area contributed by atoms with Gasteiger partial charge in [0.25, 0.3) is 0 Å². The molecule has 1 aromatic rings. The highest BCUT2D eigenvalue weighted by atomic mass is 16.5. The zero-order valence-electron chi connectivity index (χ0n) is 11.3. The van der Waals surface area contributed by atoms with Gasteiger partial charge in [0.1, 0.15) is 0 Å². The Hall–Kier alpha value is -1.35. The van der Waals surface area contributed by atoms with Crippen molar-refractivity contribution in [2.45, 2.75) is 39.3 Å². The van der Waals surface area contributed by atoms with Crippen LogP contribution in [-0.2, 0) is 4.74 Å². The van der Waals surface area contributed by atoms with Crippen LogP contribution in [0.3, 0.4) is 0 Å². The summed E-state index contributed by atoms with van der Waals surface area (Å²) in [4.78, 5) is 13.9. The fourth-order valence-electron chi connectivity index (χ4n) is 2.31. The van der Waals surface area contributed by atoms with E-state index >= 15 is 0 Å². The van der Waals surface area contributed by atoms with Gasteiger partial charge in [0.05, 0.1) is 12.7 Å². The molecule has 1 saturated heterocycles. The number of benzene rings is 1. The van der Waals surface area contributed by atoms with Crippen molar-refractivity contribution in [3.8, 4) is 0 Å². The first kappa shape index (κ1) is 13.1. The molecule has 18 heavy (non-hydrogen) atoms. The van der Waals surface area contributed by atoms with Crippen LogP contribution in [0.5, 0.6) is 0 Å². The van der Waals surface area contributed by atoms with Crippen molar-refractivity contribution < 1.29 is 9.53 Å². The van der Waals surface area contributed by atoms with Crippen molar-refractivity contribution in [2.24, 2.45) is 0 Å². The first-order valence-corrected chi connectivity index (χ1v) is 6.63. The van der Waals surface area contributed by atoms with Gasteiger partial charge in [-0.2, -0.15) is 0 Å². The zero-order chi connectivity index (χ0) is 13.1. The quantitative estimate of drug-likeness (QED) is 0.769. The lowest BCUT2D eigenvalue weighted by Crippen LogP contribution is -2.47. The monoisotopic (exact) mass is 247 g/mol. The van der Waals surface area contributed by atoms with E-state index in [4.69, 9.17) is 4.74 Å². The number of anilines is 1. The van der Waals surface area contributed by atoms with Gasteiger partial charge in [0.15, 0.2) is 5.78 Å². The highest BCUT2D eigenvalue weighted by Gasteiger charge is 2.23. The number of nitrogens with zero attached hydrogens (tertiary/aromatic N) is 1. The van der Waals surface area contributed by atoms with E-state index in [1.807, 2.05) is 31.2 Å². The van der Waals surface area contributed by atoms with Gasteiger partial charge in [0, 0.05) is 30.3 Å². The van der Waals surface area contributed by atoms with E-state index in [9.17, 15) is 4.79 Å². The number of hydrogen-bond acceptors (Lipinski definition) is 3. The average Bonchev–Trinajstić information content (AvgIpc) is 2.41. The van der Waals surface area contributed by atoms with Crippen molar-refractivity contribution in [3.05, 3.63) is 29.8 Å². The highest BCUT2D eigenvalue weighted by Crippen LogP contribution is 2.22. The maximum absolute atomic E-state index is 11.6. The van der Waals surface area contributed by atoms with E-state index in [0.29, 0.717) is 12.5 Å². The van der Waals surface area contributed by atoms with E-state index in [1.165, 1.54) is 5.69 Å². The highest BCUT2D eigenvalue weighted by molar-refractivity contribution is 5.96. The summed E-state index contributed by atoms with van der Waals surface area (Å²) >= 11 is 0. The molecule has 0 amide bonds. The lowest BCUT2D eigenvalue weighted by Gasteiger charge is -2.38. The topological polar surface area (TPSA) is 29.5 Å². The van der Waals surface area contributed by atoms with Gasteiger partial charge in [-0.25, -0.2) is 0 Å². The summed E-state index contributed by atoms with van der Waals surface area (Å²) in [5, 5.41) is 0. The Kier molecular flexibility index (Phi) is 4.02. The third kappa shape index (κ3) is 2.72. The first-order valence-electron chi connectivity index (χ1n) is 6.63. The van der Waals surface area contributed by atoms with Crippen LogP contribution in [0.25, 0.3) is 0 Å². The third-order valence-corrected chi connectivity index (χ3v) is 3.45. The van der Waals surface area contributed by atoms with Crippen LogP contribution in [0.4, 0.5) is 5.69 Å². The number of carbonyl (C=O) groups is 1. The normalized spacial score (nSPS) is 24.1. The van der Waals surface area contributed by atoms with Gasteiger partial charge in [-0.1, -0.05) is 6.92 Å². The molecule has 0 spiro atoms. The molecule has 1 aromatic carbocycles. The summed E-state index contributed by atoms with van der Waals surface area (Å²) in [5.74, 6) is 0.199. The standard InChI is InChI=1S/C15H21NO2/c1-4-15(17)13-5-7-14(8-6-13)16-9-12(3)18-10-11(16)2/h5-8,11-12H,4,9-10H2,1-3H3. The first-order chi connectivity index (χ1) is 8.61. The molecule has 2 rings (SSSR count). The van der Waals surface area contributed by atoms with Gasteiger partial charge >= 0.3 is 0 Å². The SMILES string of the molecule is CCC(=O)c1ccc(N2CC(C)OCC2C)cc1. The van der Waals surface area contributed by atoms with E-state index in [2.05, 4.69) is 18.7 Å². The molecule has 2 unspecified atom stereocenters. The molecule has 0 aromatic heterocycles. The van der Waals surface area contributed by atoms with Crippen LogP contribution >= 0.6 is 0 Å². The Labute approximate surface area is 109 Å². The lowest BCUT2D eigenvalue weighted by molar-refractivity contribution is 0.0344. The number of ketones is 1. The number of carbonyl (C=O) groups excluding carboxylic acids is 1. The van der Waals surface area contributed by atoms with E-state index < -0.39 is 0 Å². The van der Waals surface area contributed by atoms with Crippen LogP contribution in [0.2, 0.25) is 0 Å². The fourth-order valence-corrected chi connectivity index (χ4v) is 2.31. The molecule has 1 fully saturated rings. The molecule has 0 bridgehead atoms. The molecule has 0 aliphatic carbocycles. The number of rotatable bonds is 3. The molecule has 1 aliphatic heterocycles. The summed E-state index contributed by atoms with van der Waals surface area (Å²) in [6.45, 7) is 7.81. The van der Waals surface area contributed by atoms with Gasteiger partial charge in [-0.3, -0.25) is 4.79 Å². The lowest BCUT2D eigenvalue weighted by atomic mass is 10.1. The van der Waals surface area contributed by atoms with Crippen LogP contribution in [0.1, 0.15) is 37.6 Å². The second-order valence-corrected chi connectivity index (χ2v) is 4.97. The maximum atomic E-state index is 11.6. The van der Waals surface area contributed by atoms with Crippen LogP contribution in [-0.4, -0.2) is 31.1 Å². The van der Waals surface area contributed by atoms with Gasteiger partial charge in [0.2, 0.25) is 0 Å². The minimum absolute atomic E-state index is 0.199. The van der Waals surface area contributed by atoms with Gasteiger partial charge < -0.3 is 9.64 Å². The Morgan fingerprint density at radius 2 is 2.00 bits per heavy atom. The van der Waals surface area contributed by atoms with E-state index in [0.717, 1.165) is 18.7 Å². The molecule has 0 radical (unpaired) electrons. The fraction of sp³-hybridized carbons (Fsp3) is 0.533. The Morgan fingerprint density at radius 3 is 2.61 bits per heavy atom. The number of morpholine rings is 1. The van der Waals surface area contributed by atoms with E-state index in [1.54, 1.807) is 0 Å². The Balaban J connectivity index is 2.15. The minimum atomic E-state index is 0.199. The summed E-state index contributed by atoms with van der Waals surface area (Å²) in [6, 6.07) is 8.31. The maximum Gasteiger partial charge on any atom is 0.162 e. The van der Waals surface area contributed by atoms with Crippen LogP contribution < -0.4 is 4.90 Å². The predicted molar refractivity (Wildman–Crippen MR) is 73.3 cm³/mol. The zero-order valence-corrected chi connectivity index (χ0v) is 11.3. The molecule has 0 N–H and O–H groups in total. The average molecular weight is 247 g/mol. The summed E-state index contributed by atoms with van der Waals surface area (Å²) < 4.78 is 5.63. The van der Waals surface area contributed by atoms with Crippen molar-refractivity contribution in [2.75, 3.05) is 18.1 Å².